The minimum Gasteiger partial charge on any atom is -0.309 e. The molecule has 0 spiro atoms. The van der Waals surface area contributed by atoms with Gasteiger partial charge in [0.05, 0.1) is 62.1 Å². The number of nitrogens with zero attached hydrogens (tertiary/aromatic N) is 5. The van der Waals surface area contributed by atoms with Crippen molar-refractivity contribution in [2.45, 2.75) is 0 Å². The Labute approximate surface area is 316 Å². The van der Waals surface area contributed by atoms with Crippen LogP contribution in [0.5, 0.6) is 0 Å². The van der Waals surface area contributed by atoms with E-state index in [9.17, 15) is 10.5 Å². The number of fused-ring (bicyclic) bond motifs is 9. The van der Waals surface area contributed by atoms with Gasteiger partial charge in [0.15, 0.2) is 0 Å². The lowest BCUT2D eigenvalue weighted by Gasteiger charge is -2.16. The summed E-state index contributed by atoms with van der Waals surface area (Å²) in [7, 11) is 0. The Bertz CT molecular complexity index is 3360. The van der Waals surface area contributed by atoms with Gasteiger partial charge in [-0.05, 0) is 78.9 Å². The number of rotatable bonds is 4. The standard InChI is InChI=1S/C50H29N5/c51-30-32-21-25-49-42(27-32)43-29-35(54-46-18-8-4-14-40(46)41-15-5-9-19-47(41)54)23-26-50(43)55(49)48-20-10-1-11-37(48)36-24-22-34(28-33(36)31-52)53-44-16-6-2-12-38(44)39-13-3-7-17-45(39)53/h1-29H. The van der Waals surface area contributed by atoms with Crippen LogP contribution in [0.3, 0.4) is 0 Å². The molecule has 11 aromatic rings. The highest BCUT2D eigenvalue weighted by atomic mass is 15.0. The molecule has 254 valence electrons. The van der Waals surface area contributed by atoms with Crippen LogP contribution in [-0.2, 0) is 0 Å². The highest BCUT2D eigenvalue weighted by Gasteiger charge is 2.20. The molecule has 0 aliphatic rings. The number of aromatic nitrogens is 3. The third kappa shape index (κ3) is 4.45. The Kier molecular flexibility index (Phi) is 6.61. The Morgan fingerprint density at radius 2 is 0.782 bits per heavy atom. The van der Waals surface area contributed by atoms with Crippen molar-refractivity contribution in [3.8, 4) is 40.3 Å². The summed E-state index contributed by atoms with van der Waals surface area (Å²) in [5.41, 5.74) is 12.4. The second-order valence-corrected chi connectivity index (χ2v) is 14.0. The first-order chi connectivity index (χ1) is 27.2. The molecule has 8 aromatic carbocycles. The van der Waals surface area contributed by atoms with Gasteiger partial charge < -0.3 is 13.7 Å². The number of para-hydroxylation sites is 5. The van der Waals surface area contributed by atoms with E-state index in [0.29, 0.717) is 11.1 Å². The molecule has 5 heteroatoms. The van der Waals surface area contributed by atoms with Crippen molar-refractivity contribution in [2.24, 2.45) is 0 Å². The zero-order valence-corrected chi connectivity index (χ0v) is 29.5. The summed E-state index contributed by atoms with van der Waals surface area (Å²) in [6.45, 7) is 0. The summed E-state index contributed by atoms with van der Waals surface area (Å²) < 4.78 is 6.85. The molecule has 0 aliphatic heterocycles. The molecule has 55 heavy (non-hydrogen) atoms. The number of hydrogen-bond donors (Lipinski definition) is 0. The zero-order valence-electron chi connectivity index (χ0n) is 29.5. The molecule has 11 rings (SSSR count). The molecular weight excluding hydrogens is 671 g/mol. The highest BCUT2D eigenvalue weighted by Crippen LogP contribution is 2.41. The first-order valence-corrected chi connectivity index (χ1v) is 18.3. The average Bonchev–Trinajstić information content (AvgIpc) is 3.88. The molecule has 3 aromatic heterocycles. The van der Waals surface area contributed by atoms with Gasteiger partial charge in [-0.3, -0.25) is 0 Å². The maximum Gasteiger partial charge on any atom is 0.0998 e. The molecule has 0 saturated carbocycles. The molecule has 0 radical (unpaired) electrons. The van der Waals surface area contributed by atoms with E-state index in [1.807, 2.05) is 36.4 Å². The minimum absolute atomic E-state index is 0.591. The van der Waals surface area contributed by atoms with Gasteiger partial charge in [-0.2, -0.15) is 10.5 Å². The SMILES string of the molecule is N#Cc1ccc2c(c1)c1cc(-n3c4ccccc4c4ccccc43)ccc1n2-c1ccccc1-c1ccc(-n2c3ccccc3c3ccccc32)cc1C#N. The molecule has 0 atom stereocenters. The molecule has 3 heterocycles. The largest absolute Gasteiger partial charge is 0.309 e. The van der Waals surface area contributed by atoms with Crippen molar-refractivity contribution in [1.29, 1.82) is 10.5 Å². The van der Waals surface area contributed by atoms with E-state index in [0.717, 1.165) is 72.1 Å². The van der Waals surface area contributed by atoms with E-state index >= 15 is 0 Å². The molecule has 0 saturated heterocycles. The zero-order chi connectivity index (χ0) is 36.6. The van der Waals surface area contributed by atoms with Crippen molar-refractivity contribution < 1.29 is 0 Å². The fourth-order valence-corrected chi connectivity index (χ4v) is 8.78. The average molecular weight is 700 g/mol. The Hall–Kier alpha value is -7.86. The second kappa shape index (κ2) is 11.8. The summed E-state index contributed by atoms with van der Waals surface area (Å²) in [6, 6.07) is 65.9. The van der Waals surface area contributed by atoms with Crippen LogP contribution in [-0.4, -0.2) is 13.7 Å². The van der Waals surface area contributed by atoms with Gasteiger partial charge in [0.2, 0.25) is 0 Å². The second-order valence-electron chi connectivity index (χ2n) is 14.0. The van der Waals surface area contributed by atoms with E-state index in [-0.39, 0.29) is 0 Å². The van der Waals surface area contributed by atoms with Gasteiger partial charge in [0.1, 0.15) is 0 Å². The predicted octanol–water partition coefficient (Wildman–Crippen LogP) is 12.4. The lowest BCUT2D eigenvalue weighted by molar-refractivity contribution is 1.16. The van der Waals surface area contributed by atoms with E-state index in [1.165, 1.54) is 21.5 Å². The fourth-order valence-electron chi connectivity index (χ4n) is 8.78. The molecule has 0 bridgehead atoms. The third-order valence-electron chi connectivity index (χ3n) is 11.1. The third-order valence-corrected chi connectivity index (χ3v) is 11.1. The van der Waals surface area contributed by atoms with Crippen molar-refractivity contribution in [2.75, 3.05) is 0 Å². The maximum atomic E-state index is 10.7. The normalized spacial score (nSPS) is 11.6. The summed E-state index contributed by atoms with van der Waals surface area (Å²) >= 11 is 0. The van der Waals surface area contributed by atoms with Gasteiger partial charge in [0, 0.05) is 54.8 Å². The minimum atomic E-state index is 0.591. The predicted molar refractivity (Wildman–Crippen MR) is 224 cm³/mol. The highest BCUT2D eigenvalue weighted by molar-refractivity contribution is 6.13. The van der Waals surface area contributed by atoms with Crippen molar-refractivity contribution in [3.05, 3.63) is 187 Å². The quantitative estimate of drug-likeness (QED) is 0.184. The monoisotopic (exact) mass is 699 g/mol. The molecule has 0 N–H and O–H groups in total. The number of benzene rings is 8. The van der Waals surface area contributed by atoms with Gasteiger partial charge in [-0.25, -0.2) is 0 Å². The number of hydrogen-bond acceptors (Lipinski definition) is 2. The van der Waals surface area contributed by atoms with E-state index in [1.54, 1.807) is 0 Å². The van der Waals surface area contributed by atoms with Gasteiger partial charge in [-0.1, -0.05) is 97.1 Å². The molecular formula is C50H29N5. The van der Waals surface area contributed by atoms with Gasteiger partial charge >= 0.3 is 0 Å². The van der Waals surface area contributed by atoms with Crippen molar-refractivity contribution in [1.82, 2.24) is 13.7 Å². The van der Waals surface area contributed by atoms with Crippen LogP contribution in [0.4, 0.5) is 0 Å². The van der Waals surface area contributed by atoms with Crippen LogP contribution in [0, 0.1) is 22.7 Å². The Morgan fingerprint density at radius 3 is 1.35 bits per heavy atom. The van der Waals surface area contributed by atoms with E-state index in [4.69, 9.17) is 0 Å². The Balaban J connectivity index is 1.13. The van der Waals surface area contributed by atoms with Crippen molar-refractivity contribution >= 4 is 65.4 Å². The van der Waals surface area contributed by atoms with Crippen LogP contribution in [0.15, 0.2) is 176 Å². The lowest BCUT2D eigenvalue weighted by Crippen LogP contribution is -2.00. The first-order valence-electron chi connectivity index (χ1n) is 18.3. The smallest absolute Gasteiger partial charge is 0.0998 e. The van der Waals surface area contributed by atoms with Crippen LogP contribution in [0.25, 0.3) is 93.6 Å². The summed E-state index contributed by atoms with van der Waals surface area (Å²) in [6.07, 6.45) is 0. The first kappa shape index (κ1) is 30.7. The topological polar surface area (TPSA) is 62.4 Å². The molecule has 0 unspecified atom stereocenters. The van der Waals surface area contributed by atoms with E-state index in [2.05, 4.69) is 165 Å². The van der Waals surface area contributed by atoms with Gasteiger partial charge in [0.25, 0.3) is 0 Å². The fraction of sp³-hybridized carbons (Fsp3) is 0. The van der Waals surface area contributed by atoms with Crippen LogP contribution >= 0.6 is 0 Å². The molecule has 0 amide bonds. The molecule has 0 fully saturated rings. The number of nitriles is 2. The van der Waals surface area contributed by atoms with Gasteiger partial charge in [-0.15, -0.1) is 0 Å². The maximum absolute atomic E-state index is 10.7. The molecule has 5 nitrogen and oxygen atoms in total. The van der Waals surface area contributed by atoms with Crippen LogP contribution < -0.4 is 0 Å². The van der Waals surface area contributed by atoms with Crippen molar-refractivity contribution in [3.63, 3.8) is 0 Å². The lowest BCUT2D eigenvalue weighted by atomic mass is 9.97. The Morgan fingerprint density at radius 1 is 0.327 bits per heavy atom. The summed E-state index contributed by atoms with van der Waals surface area (Å²) in [5.74, 6) is 0. The summed E-state index contributed by atoms with van der Waals surface area (Å²) in [4.78, 5) is 0. The van der Waals surface area contributed by atoms with Crippen LogP contribution in [0.1, 0.15) is 11.1 Å². The van der Waals surface area contributed by atoms with E-state index < -0.39 is 0 Å². The summed E-state index contributed by atoms with van der Waals surface area (Å²) in [5, 5.41) is 27.5. The van der Waals surface area contributed by atoms with Crippen LogP contribution in [0.2, 0.25) is 0 Å². The molecule has 0 aliphatic carbocycles.